The third kappa shape index (κ3) is 2.51. The zero-order chi connectivity index (χ0) is 14.8. The van der Waals surface area contributed by atoms with Crippen molar-refractivity contribution in [2.75, 3.05) is 5.32 Å². The number of hydrogen-bond donors (Lipinski definition) is 2. The molecule has 0 unspecified atom stereocenters. The van der Waals surface area contributed by atoms with Crippen LogP contribution >= 0.6 is 11.3 Å². The van der Waals surface area contributed by atoms with Gasteiger partial charge in [-0.05, 0) is 30.0 Å². The molecule has 0 spiro atoms. The van der Waals surface area contributed by atoms with Gasteiger partial charge in [-0.2, -0.15) is 5.26 Å². The first kappa shape index (κ1) is 13.3. The minimum Gasteiger partial charge on any atom is -0.377 e. The Bertz CT molecular complexity index is 904. The summed E-state index contributed by atoms with van der Waals surface area (Å²) in [7, 11) is 0. The van der Waals surface area contributed by atoms with E-state index in [-0.39, 0.29) is 5.56 Å². The van der Waals surface area contributed by atoms with Crippen LogP contribution in [0.1, 0.15) is 17.0 Å². The van der Waals surface area contributed by atoms with Crippen LogP contribution in [-0.2, 0) is 6.54 Å². The normalized spacial score (nSPS) is 10.5. The molecule has 3 rings (SSSR count). The van der Waals surface area contributed by atoms with Gasteiger partial charge in [-0.15, -0.1) is 11.3 Å². The van der Waals surface area contributed by atoms with Crippen LogP contribution in [0.2, 0.25) is 0 Å². The third-order valence-electron chi connectivity index (χ3n) is 3.19. The fraction of sp³-hybridized carbons (Fsp3) is 0.133. The second-order valence-electron chi connectivity index (χ2n) is 4.61. The molecule has 2 aromatic heterocycles. The van der Waals surface area contributed by atoms with Crippen LogP contribution in [0.15, 0.2) is 34.4 Å². The smallest absolute Gasteiger partial charge is 0.268 e. The SMILES string of the molecule is Cc1cccc(NCc2nc3ccsc3c(=O)[nH]2)c1C#N. The quantitative estimate of drug-likeness (QED) is 0.778. The van der Waals surface area contributed by atoms with Gasteiger partial charge in [-0.1, -0.05) is 12.1 Å². The molecule has 3 aromatic rings. The number of fused-ring (bicyclic) bond motifs is 1. The molecule has 5 nitrogen and oxygen atoms in total. The van der Waals surface area contributed by atoms with Crippen LogP contribution in [0.3, 0.4) is 0 Å². The molecule has 1 aromatic carbocycles. The Kier molecular flexibility index (Phi) is 3.42. The van der Waals surface area contributed by atoms with Gasteiger partial charge in [0.2, 0.25) is 0 Å². The second kappa shape index (κ2) is 5.38. The molecule has 6 heteroatoms. The van der Waals surface area contributed by atoms with E-state index in [1.807, 2.05) is 36.6 Å². The molecule has 2 N–H and O–H groups in total. The monoisotopic (exact) mass is 296 g/mol. The molecule has 0 radical (unpaired) electrons. The number of rotatable bonds is 3. The van der Waals surface area contributed by atoms with Gasteiger partial charge in [0, 0.05) is 0 Å². The van der Waals surface area contributed by atoms with E-state index in [2.05, 4.69) is 21.4 Å². The Labute approximate surface area is 124 Å². The van der Waals surface area contributed by atoms with Crippen LogP contribution in [0, 0.1) is 18.3 Å². The fourth-order valence-electron chi connectivity index (χ4n) is 2.15. The van der Waals surface area contributed by atoms with E-state index in [1.54, 1.807) is 0 Å². The van der Waals surface area contributed by atoms with Crippen LogP contribution < -0.4 is 10.9 Å². The standard InChI is InChI=1S/C15H12N4OS/c1-9-3-2-4-11(10(9)7-16)17-8-13-18-12-5-6-21-14(12)15(20)19-13/h2-6,17H,8H2,1H3,(H,18,19,20). The molecule has 0 fully saturated rings. The average Bonchev–Trinajstić information content (AvgIpc) is 2.94. The van der Waals surface area contributed by atoms with Crippen LogP contribution in [0.5, 0.6) is 0 Å². The van der Waals surface area contributed by atoms with Gasteiger partial charge in [0.05, 0.1) is 23.3 Å². The lowest BCUT2D eigenvalue weighted by Crippen LogP contribution is -2.13. The summed E-state index contributed by atoms with van der Waals surface area (Å²) in [5.41, 5.74) is 2.83. The van der Waals surface area contributed by atoms with Gasteiger partial charge in [0.1, 0.15) is 16.6 Å². The van der Waals surface area contributed by atoms with Crippen LogP contribution in [0.4, 0.5) is 5.69 Å². The summed E-state index contributed by atoms with van der Waals surface area (Å²) >= 11 is 1.38. The molecule has 0 bridgehead atoms. The van der Waals surface area contributed by atoms with Crippen molar-refractivity contribution in [2.45, 2.75) is 13.5 Å². The van der Waals surface area contributed by atoms with Gasteiger partial charge < -0.3 is 10.3 Å². The Balaban J connectivity index is 1.89. The summed E-state index contributed by atoms with van der Waals surface area (Å²) in [4.78, 5) is 19.0. The first-order valence-electron chi connectivity index (χ1n) is 6.39. The summed E-state index contributed by atoms with van der Waals surface area (Å²) in [6.45, 7) is 2.25. The Morgan fingerprint density at radius 3 is 3.10 bits per heavy atom. The van der Waals surface area contributed by atoms with Crippen LogP contribution in [0.25, 0.3) is 10.2 Å². The largest absolute Gasteiger partial charge is 0.377 e. The summed E-state index contributed by atoms with van der Waals surface area (Å²) in [5.74, 6) is 0.552. The van der Waals surface area contributed by atoms with Crippen molar-refractivity contribution in [3.8, 4) is 6.07 Å². The van der Waals surface area contributed by atoms with E-state index in [1.165, 1.54) is 11.3 Å². The highest BCUT2D eigenvalue weighted by atomic mass is 32.1. The Morgan fingerprint density at radius 2 is 2.29 bits per heavy atom. The number of benzene rings is 1. The number of anilines is 1. The van der Waals surface area contributed by atoms with Crippen molar-refractivity contribution in [1.29, 1.82) is 5.26 Å². The van der Waals surface area contributed by atoms with Crippen molar-refractivity contribution < 1.29 is 0 Å². The highest BCUT2D eigenvalue weighted by Crippen LogP contribution is 2.19. The second-order valence-corrected chi connectivity index (χ2v) is 5.53. The number of thiophene rings is 1. The Hall–Kier alpha value is -2.65. The first-order valence-corrected chi connectivity index (χ1v) is 7.27. The number of aromatic amines is 1. The fourth-order valence-corrected chi connectivity index (χ4v) is 2.87. The maximum atomic E-state index is 11.9. The van der Waals surface area contributed by atoms with Gasteiger partial charge in [-0.3, -0.25) is 4.79 Å². The zero-order valence-electron chi connectivity index (χ0n) is 11.3. The van der Waals surface area contributed by atoms with Crippen molar-refractivity contribution in [3.63, 3.8) is 0 Å². The first-order chi connectivity index (χ1) is 10.2. The third-order valence-corrected chi connectivity index (χ3v) is 4.10. The number of nitrogens with one attached hydrogen (secondary N) is 2. The lowest BCUT2D eigenvalue weighted by Gasteiger charge is -2.09. The molecule has 0 atom stereocenters. The van der Waals surface area contributed by atoms with E-state index < -0.39 is 0 Å². The number of nitriles is 1. The maximum Gasteiger partial charge on any atom is 0.268 e. The molecule has 0 saturated heterocycles. The lowest BCUT2D eigenvalue weighted by molar-refractivity contribution is 0.954. The molecule has 2 heterocycles. The van der Waals surface area contributed by atoms with Gasteiger partial charge in [0.15, 0.2) is 0 Å². The molecule has 0 saturated carbocycles. The molecular formula is C15H12N4OS. The summed E-state index contributed by atoms with van der Waals surface area (Å²) in [6.07, 6.45) is 0. The average molecular weight is 296 g/mol. The van der Waals surface area contributed by atoms with Crippen molar-refractivity contribution in [3.05, 3.63) is 57.0 Å². The topological polar surface area (TPSA) is 81.6 Å². The van der Waals surface area contributed by atoms with Crippen LogP contribution in [-0.4, -0.2) is 9.97 Å². The molecule has 0 aliphatic rings. The van der Waals surface area contributed by atoms with Gasteiger partial charge in [0.25, 0.3) is 5.56 Å². The molecule has 0 aliphatic carbocycles. The van der Waals surface area contributed by atoms with Crippen molar-refractivity contribution in [1.82, 2.24) is 9.97 Å². The lowest BCUT2D eigenvalue weighted by atomic mass is 10.1. The van der Waals surface area contributed by atoms with E-state index in [0.717, 1.165) is 11.3 Å². The van der Waals surface area contributed by atoms with Crippen molar-refractivity contribution >= 4 is 27.2 Å². The summed E-state index contributed by atoms with van der Waals surface area (Å²) in [6, 6.07) is 9.63. The number of H-pyrrole nitrogens is 1. The molecule has 0 amide bonds. The minimum atomic E-state index is -0.128. The van der Waals surface area contributed by atoms with E-state index >= 15 is 0 Å². The van der Waals surface area contributed by atoms with Gasteiger partial charge in [-0.25, -0.2) is 4.98 Å². The van der Waals surface area contributed by atoms with E-state index in [0.29, 0.717) is 28.1 Å². The summed E-state index contributed by atoms with van der Waals surface area (Å²) < 4.78 is 0.631. The summed E-state index contributed by atoms with van der Waals surface area (Å²) in [5, 5.41) is 14.2. The molecular weight excluding hydrogens is 284 g/mol. The number of nitrogens with zero attached hydrogens (tertiary/aromatic N) is 2. The number of hydrogen-bond acceptors (Lipinski definition) is 5. The minimum absolute atomic E-state index is 0.128. The molecule has 0 aliphatic heterocycles. The Morgan fingerprint density at radius 1 is 1.43 bits per heavy atom. The predicted molar refractivity (Wildman–Crippen MR) is 83.5 cm³/mol. The highest BCUT2D eigenvalue weighted by Gasteiger charge is 2.07. The molecule has 21 heavy (non-hydrogen) atoms. The van der Waals surface area contributed by atoms with E-state index in [4.69, 9.17) is 0 Å². The van der Waals surface area contributed by atoms with Gasteiger partial charge >= 0.3 is 0 Å². The van der Waals surface area contributed by atoms with E-state index in [9.17, 15) is 10.1 Å². The number of aryl methyl sites for hydroxylation is 1. The number of aromatic nitrogens is 2. The highest BCUT2D eigenvalue weighted by molar-refractivity contribution is 7.17. The maximum absolute atomic E-state index is 11.9. The molecule has 104 valence electrons. The zero-order valence-corrected chi connectivity index (χ0v) is 12.1. The predicted octanol–water partition coefficient (Wildman–Crippen LogP) is 2.78. The van der Waals surface area contributed by atoms with Crippen molar-refractivity contribution in [2.24, 2.45) is 0 Å².